The van der Waals surface area contributed by atoms with Gasteiger partial charge in [0.05, 0.1) is 23.7 Å². The molecule has 0 aliphatic rings. The van der Waals surface area contributed by atoms with Gasteiger partial charge in [0.25, 0.3) is 11.6 Å². The van der Waals surface area contributed by atoms with Crippen molar-refractivity contribution in [2.75, 3.05) is 13.7 Å². The summed E-state index contributed by atoms with van der Waals surface area (Å²) in [5.74, 6) is -1.48. The predicted molar refractivity (Wildman–Crippen MR) is 103 cm³/mol. The Kier molecular flexibility index (Phi) is 7.82. The third-order valence-electron chi connectivity index (χ3n) is 3.93. The van der Waals surface area contributed by atoms with Crippen LogP contribution in [-0.2, 0) is 11.2 Å². The van der Waals surface area contributed by atoms with Gasteiger partial charge in [-0.2, -0.15) is 14.0 Å². The Labute approximate surface area is 170 Å². The van der Waals surface area contributed by atoms with E-state index < -0.39 is 34.5 Å². The van der Waals surface area contributed by atoms with Gasteiger partial charge in [0, 0.05) is 6.54 Å². The zero-order valence-corrected chi connectivity index (χ0v) is 15.8. The van der Waals surface area contributed by atoms with Crippen LogP contribution >= 0.6 is 0 Å². The van der Waals surface area contributed by atoms with Crippen molar-refractivity contribution < 1.29 is 28.0 Å². The number of rotatable bonds is 9. The molecule has 0 unspecified atom stereocenters. The highest BCUT2D eigenvalue weighted by Gasteiger charge is 2.22. The van der Waals surface area contributed by atoms with E-state index in [1.54, 1.807) is 6.07 Å². The number of amides is 1. The van der Waals surface area contributed by atoms with E-state index in [1.165, 1.54) is 0 Å². The molecule has 0 saturated heterocycles. The fourth-order valence-corrected chi connectivity index (χ4v) is 2.55. The molecule has 10 heteroatoms. The Morgan fingerprint density at radius 2 is 2.00 bits per heavy atom. The van der Waals surface area contributed by atoms with Crippen molar-refractivity contribution in [2.24, 2.45) is 0 Å². The molecule has 2 rings (SSSR count). The first-order chi connectivity index (χ1) is 14.3. The second kappa shape index (κ2) is 10.5. The van der Waals surface area contributed by atoms with Crippen LogP contribution < -0.4 is 14.8 Å². The van der Waals surface area contributed by atoms with Gasteiger partial charge in [-0.15, -0.1) is 0 Å². The quantitative estimate of drug-likeness (QED) is 0.289. The molecular formula is C20H17F2N3O5. The van der Waals surface area contributed by atoms with E-state index in [1.807, 2.05) is 30.3 Å². The zero-order chi connectivity index (χ0) is 22.1. The summed E-state index contributed by atoms with van der Waals surface area (Å²) in [6.45, 7) is -2.97. The average Bonchev–Trinajstić information content (AvgIpc) is 2.72. The largest absolute Gasteiger partial charge is 0.493 e. The first kappa shape index (κ1) is 22.3. The lowest BCUT2D eigenvalue weighted by Crippen LogP contribution is -2.26. The monoisotopic (exact) mass is 417 g/mol. The van der Waals surface area contributed by atoms with Gasteiger partial charge in [0.2, 0.25) is 0 Å². The van der Waals surface area contributed by atoms with Crippen LogP contribution in [0.15, 0.2) is 48.0 Å². The third-order valence-corrected chi connectivity index (χ3v) is 3.93. The van der Waals surface area contributed by atoms with E-state index >= 15 is 0 Å². The molecule has 0 fully saturated rings. The molecule has 8 nitrogen and oxygen atoms in total. The molecule has 0 aliphatic heterocycles. The summed E-state index contributed by atoms with van der Waals surface area (Å²) in [6, 6.07) is 12.8. The fourth-order valence-electron chi connectivity index (χ4n) is 2.55. The minimum absolute atomic E-state index is 0.173. The van der Waals surface area contributed by atoms with E-state index in [0.717, 1.165) is 30.9 Å². The smallest absolute Gasteiger partial charge is 0.387 e. The van der Waals surface area contributed by atoms with Crippen LogP contribution in [-0.4, -0.2) is 31.1 Å². The molecule has 2 aromatic carbocycles. The number of carbonyl (C=O) groups excluding carboxylic acids is 1. The number of benzene rings is 2. The molecule has 0 saturated carbocycles. The van der Waals surface area contributed by atoms with Crippen molar-refractivity contribution in [3.05, 3.63) is 69.3 Å². The van der Waals surface area contributed by atoms with E-state index in [2.05, 4.69) is 10.1 Å². The summed E-state index contributed by atoms with van der Waals surface area (Å²) < 4.78 is 34.2. The highest BCUT2D eigenvalue weighted by atomic mass is 19.3. The summed E-state index contributed by atoms with van der Waals surface area (Å²) in [5.41, 5.74) is -0.212. The number of ether oxygens (including phenoxy) is 2. The number of nitrogens with zero attached hydrogens (tertiary/aromatic N) is 2. The second-order valence-electron chi connectivity index (χ2n) is 5.86. The highest BCUT2D eigenvalue weighted by molar-refractivity contribution is 6.02. The minimum atomic E-state index is -3.22. The molecule has 1 N–H and O–H groups in total. The third kappa shape index (κ3) is 6.00. The van der Waals surface area contributed by atoms with Gasteiger partial charge < -0.3 is 14.8 Å². The van der Waals surface area contributed by atoms with Crippen LogP contribution in [0.4, 0.5) is 14.5 Å². The first-order valence-corrected chi connectivity index (χ1v) is 8.60. The SMILES string of the molecule is COc1cc(/C=C(\C#N)C(=O)NCCc2ccccc2)c([N+](=O)[O-])cc1OC(F)F. The molecule has 1 amide bonds. The van der Waals surface area contributed by atoms with Crippen LogP contribution in [0.2, 0.25) is 0 Å². The molecule has 0 atom stereocenters. The molecule has 0 bridgehead atoms. The Bertz CT molecular complexity index is 988. The topological polar surface area (TPSA) is 114 Å². The normalized spacial score (nSPS) is 11.0. The van der Waals surface area contributed by atoms with Gasteiger partial charge in [-0.05, 0) is 24.1 Å². The van der Waals surface area contributed by atoms with Crippen LogP contribution in [0.25, 0.3) is 6.08 Å². The number of alkyl halides is 2. The number of nitriles is 1. The van der Waals surface area contributed by atoms with Crippen LogP contribution in [0.3, 0.4) is 0 Å². The van der Waals surface area contributed by atoms with Crippen LogP contribution in [0.1, 0.15) is 11.1 Å². The molecule has 2 aromatic rings. The first-order valence-electron chi connectivity index (χ1n) is 8.60. The Hall–Kier alpha value is -4.00. The molecule has 0 heterocycles. The van der Waals surface area contributed by atoms with Gasteiger partial charge in [0.1, 0.15) is 11.6 Å². The molecule has 0 spiro atoms. The van der Waals surface area contributed by atoms with Gasteiger partial charge >= 0.3 is 6.61 Å². The maximum absolute atomic E-state index is 12.5. The average molecular weight is 417 g/mol. The van der Waals surface area contributed by atoms with Gasteiger partial charge in [-0.25, -0.2) is 0 Å². The molecular weight excluding hydrogens is 400 g/mol. The highest BCUT2D eigenvalue weighted by Crippen LogP contribution is 2.36. The van der Waals surface area contributed by atoms with E-state index in [-0.39, 0.29) is 17.9 Å². The number of hydrogen-bond donors (Lipinski definition) is 1. The maximum Gasteiger partial charge on any atom is 0.387 e. The molecule has 30 heavy (non-hydrogen) atoms. The summed E-state index contributed by atoms with van der Waals surface area (Å²) in [7, 11) is 1.16. The van der Waals surface area contributed by atoms with Crippen LogP contribution in [0, 0.1) is 21.4 Å². The number of nitro groups is 1. The van der Waals surface area contributed by atoms with Crippen molar-refractivity contribution in [1.29, 1.82) is 5.26 Å². The summed E-state index contributed by atoms with van der Waals surface area (Å²) >= 11 is 0. The maximum atomic E-state index is 12.5. The van der Waals surface area contributed by atoms with E-state index in [4.69, 9.17) is 4.74 Å². The Morgan fingerprint density at radius 1 is 1.30 bits per heavy atom. The van der Waals surface area contributed by atoms with Crippen molar-refractivity contribution in [2.45, 2.75) is 13.0 Å². The minimum Gasteiger partial charge on any atom is -0.493 e. The van der Waals surface area contributed by atoms with Gasteiger partial charge in [0.15, 0.2) is 11.5 Å². The zero-order valence-electron chi connectivity index (χ0n) is 15.8. The second-order valence-corrected chi connectivity index (χ2v) is 5.86. The standard InChI is InChI=1S/C20H17F2N3O5/c1-29-17-10-14(16(25(27)28)11-18(17)30-20(21)22)9-15(12-23)19(26)24-8-7-13-5-3-2-4-6-13/h2-6,9-11,20H,7-8H2,1H3,(H,24,26)/b15-9+. The van der Waals surface area contributed by atoms with Crippen molar-refractivity contribution in [1.82, 2.24) is 5.32 Å². The lowest BCUT2D eigenvalue weighted by molar-refractivity contribution is -0.385. The summed E-state index contributed by atoms with van der Waals surface area (Å²) in [4.78, 5) is 22.8. The van der Waals surface area contributed by atoms with Gasteiger partial charge in [-0.3, -0.25) is 14.9 Å². The van der Waals surface area contributed by atoms with E-state index in [0.29, 0.717) is 6.42 Å². The molecule has 0 aliphatic carbocycles. The number of methoxy groups -OCH3 is 1. The molecule has 0 radical (unpaired) electrons. The summed E-state index contributed by atoms with van der Waals surface area (Å²) in [6.07, 6.45) is 1.52. The number of nitrogens with one attached hydrogen (secondary N) is 1. The Balaban J connectivity index is 2.27. The fraction of sp³-hybridized carbons (Fsp3) is 0.200. The molecule has 156 valence electrons. The van der Waals surface area contributed by atoms with Crippen molar-refractivity contribution in [3.8, 4) is 17.6 Å². The van der Waals surface area contributed by atoms with E-state index in [9.17, 15) is 29.0 Å². The van der Waals surface area contributed by atoms with Gasteiger partial charge in [-0.1, -0.05) is 30.3 Å². The van der Waals surface area contributed by atoms with Crippen molar-refractivity contribution in [3.63, 3.8) is 0 Å². The lowest BCUT2D eigenvalue weighted by atomic mass is 10.1. The Morgan fingerprint density at radius 3 is 2.57 bits per heavy atom. The predicted octanol–water partition coefficient (Wildman–Crippen LogP) is 3.47. The number of carbonyl (C=O) groups is 1. The lowest BCUT2D eigenvalue weighted by Gasteiger charge is -2.11. The number of nitro benzene ring substituents is 1. The van der Waals surface area contributed by atoms with Crippen LogP contribution in [0.5, 0.6) is 11.5 Å². The summed E-state index contributed by atoms with van der Waals surface area (Å²) in [5, 5.41) is 23.2. The number of halogens is 2. The number of hydrogen-bond acceptors (Lipinski definition) is 6. The molecule has 0 aromatic heterocycles. The van der Waals surface area contributed by atoms with Crippen molar-refractivity contribution >= 4 is 17.7 Å².